The normalized spacial score (nSPS) is 10.2. The van der Waals surface area contributed by atoms with Crippen LogP contribution >= 0.6 is 0 Å². The zero-order valence-electron chi connectivity index (χ0n) is 7.74. The van der Waals surface area contributed by atoms with Crippen molar-refractivity contribution in [2.75, 3.05) is 19.7 Å². The molecular formula is C10H16N2O. The van der Waals surface area contributed by atoms with Crippen LogP contribution < -0.4 is 5.32 Å². The third kappa shape index (κ3) is 4.60. The Bertz CT molecular complexity index is 213. The Kier molecular flexibility index (Phi) is 5.13. The van der Waals surface area contributed by atoms with E-state index in [-0.39, 0.29) is 6.61 Å². The quantitative estimate of drug-likeness (QED) is 0.630. The monoisotopic (exact) mass is 180 g/mol. The van der Waals surface area contributed by atoms with Crippen LogP contribution in [0.25, 0.3) is 0 Å². The fourth-order valence-electron chi connectivity index (χ4n) is 1.09. The van der Waals surface area contributed by atoms with Crippen LogP contribution in [0, 0.1) is 0 Å². The minimum absolute atomic E-state index is 0.261. The molecular weight excluding hydrogens is 164 g/mol. The number of rotatable bonds is 6. The van der Waals surface area contributed by atoms with Crippen molar-refractivity contribution in [1.82, 2.24) is 10.3 Å². The molecule has 0 spiro atoms. The summed E-state index contributed by atoms with van der Waals surface area (Å²) < 4.78 is 0. The molecule has 1 aromatic heterocycles. The first-order chi connectivity index (χ1) is 6.43. The van der Waals surface area contributed by atoms with Gasteiger partial charge in [-0.3, -0.25) is 4.98 Å². The Balaban J connectivity index is 2.07. The van der Waals surface area contributed by atoms with Crippen LogP contribution in [0.1, 0.15) is 12.1 Å². The number of aliphatic hydroxyl groups excluding tert-OH is 1. The minimum Gasteiger partial charge on any atom is -0.396 e. The van der Waals surface area contributed by atoms with Crippen LogP contribution in [-0.4, -0.2) is 29.8 Å². The molecule has 3 heteroatoms. The lowest BCUT2D eigenvalue weighted by molar-refractivity contribution is 0.286. The third-order valence-corrected chi connectivity index (χ3v) is 1.80. The Hall–Kier alpha value is -0.930. The Morgan fingerprint density at radius 3 is 2.92 bits per heavy atom. The molecule has 13 heavy (non-hydrogen) atoms. The molecule has 0 aliphatic carbocycles. The molecule has 0 amide bonds. The zero-order chi connectivity index (χ0) is 9.36. The summed E-state index contributed by atoms with van der Waals surface area (Å²) in [6.45, 7) is 2.07. The molecule has 0 aliphatic heterocycles. The van der Waals surface area contributed by atoms with Crippen LogP contribution in [0.15, 0.2) is 24.4 Å². The van der Waals surface area contributed by atoms with Gasteiger partial charge in [-0.05, 0) is 25.1 Å². The number of aliphatic hydroxyl groups is 1. The van der Waals surface area contributed by atoms with Crippen molar-refractivity contribution in [1.29, 1.82) is 0 Å². The maximum absolute atomic E-state index is 8.53. The summed E-state index contributed by atoms with van der Waals surface area (Å²) in [5, 5.41) is 11.8. The van der Waals surface area contributed by atoms with E-state index >= 15 is 0 Å². The third-order valence-electron chi connectivity index (χ3n) is 1.80. The SMILES string of the molecule is OCCCNCCc1ccccn1. The van der Waals surface area contributed by atoms with Crippen LogP contribution in [-0.2, 0) is 6.42 Å². The largest absolute Gasteiger partial charge is 0.396 e. The maximum Gasteiger partial charge on any atom is 0.0443 e. The van der Waals surface area contributed by atoms with E-state index < -0.39 is 0 Å². The second kappa shape index (κ2) is 6.57. The first-order valence-corrected chi connectivity index (χ1v) is 4.65. The number of nitrogens with zero attached hydrogens (tertiary/aromatic N) is 1. The van der Waals surface area contributed by atoms with Crippen LogP contribution in [0.4, 0.5) is 0 Å². The van der Waals surface area contributed by atoms with Crippen molar-refractivity contribution < 1.29 is 5.11 Å². The van der Waals surface area contributed by atoms with Gasteiger partial charge >= 0.3 is 0 Å². The molecule has 1 aromatic rings. The molecule has 0 saturated heterocycles. The van der Waals surface area contributed by atoms with Gasteiger partial charge in [-0.25, -0.2) is 0 Å². The summed E-state index contributed by atoms with van der Waals surface area (Å²) in [6.07, 6.45) is 3.58. The lowest BCUT2D eigenvalue weighted by atomic mass is 10.3. The van der Waals surface area contributed by atoms with Crippen molar-refractivity contribution >= 4 is 0 Å². The van der Waals surface area contributed by atoms with E-state index in [0.29, 0.717) is 0 Å². The highest BCUT2D eigenvalue weighted by molar-refractivity contribution is 5.03. The Morgan fingerprint density at radius 1 is 1.31 bits per heavy atom. The van der Waals surface area contributed by atoms with Gasteiger partial charge in [0.05, 0.1) is 0 Å². The van der Waals surface area contributed by atoms with Crippen molar-refractivity contribution in [3.05, 3.63) is 30.1 Å². The molecule has 0 saturated carbocycles. The first-order valence-electron chi connectivity index (χ1n) is 4.65. The molecule has 0 unspecified atom stereocenters. The van der Waals surface area contributed by atoms with Gasteiger partial charge in [0.25, 0.3) is 0 Å². The highest BCUT2D eigenvalue weighted by atomic mass is 16.3. The van der Waals surface area contributed by atoms with E-state index in [1.807, 2.05) is 24.4 Å². The summed E-state index contributed by atoms with van der Waals surface area (Å²) in [5.41, 5.74) is 1.11. The number of pyridine rings is 1. The van der Waals surface area contributed by atoms with Gasteiger partial charge in [0, 0.05) is 31.5 Å². The zero-order valence-corrected chi connectivity index (χ0v) is 7.74. The van der Waals surface area contributed by atoms with E-state index in [1.54, 1.807) is 0 Å². The fraction of sp³-hybridized carbons (Fsp3) is 0.500. The van der Waals surface area contributed by atoms with Crippen molar-refractivity contribution in [3.63, 3.8) is 0 Å². The Morgan fingerprint density at radius 2 is 2.23 bits per heavy atom. The van der Waals surface area contributed by atoms with E-state index in [0.717, 1.165) is 31.6 Å². The summed E-state index contributed by atoms with van der Waals surface area (Å²) >= 11 is 0. The molecule has 1 rings (SSSR count). The van der Waals surface area contributed by atoms with E-state index in [9.17, 15) is 0 Å². The molecule has 0 aliphatic rings. The molecule has 0 atom stereocenters. The van der Waals surface area contributed by atoms with Crippen LogP contribution in [0.3, 0.4) is 0 Å². The van der Waals surface area contributed by atoms with Crippen LogP contribution in [0.2, 0.25) is 0 Å². The highest BCUT2D eigenvalue weighted by Crippen LogP contribution is 1.92. The second-order valence-electron chi connectivity index (χ2n) is 2.90. The molecule has 0 bridgehead atoms. The average molecular weight is 180 g/mol. The van der Waals surface area contributed by atoms with Crippen molar-refractivity contribution in [3.8, 4) is 0 Å². The van der Waals surface area contributed by atoms with Gasteiger partial charge in [-0.15, -0.1) is 0 Å². The predicted molar refractivity (Wildman–Crippen MR) is 52.5 cm³/mol. The summed E-state index contributed by atoms with van der Waals surface area (Å²) in [6, 6.07) is 5.94. The van der Waals surface area contributed by atoms with Gasteiger partial charge in [0.2, 0.25) is 0 Å². The molecule has 0 aromatic carbocycles. The fourth-order valence-corrected chi connectivity index (χ4v) is 1.09. The van der Waals surface area contributed by atoms with Crippen LogP contribution in [0.5, 0.6) is 0 Å². The molecule has 0 radical (unpaired) electrons. The first kappa shape index (κ1) is 10.2. The second-order valence-corrected chi connectivity index (χ2v) is 2.90. The topological polar surface area (TPSA) is 45.1 Å². The smallest absolute Gasteiger partial charge is 0.0443 e. The lowest BCUT2D eigenvalue weighted by Crippen LogP contribution is -2.19. The van der Waals surface area contributed by atoms with E-state index in [4.69, 9.17) is 5.11 Å². The minimum atomic E-state index is 0.261. The van der Waals surface area contributed by atoms with Gasteiger partial charge in [0.1, 0.15) is 0 Å². The summed E-state index contributed by atoms with van der Waals surface area (Å²) in [4.78, 5) is 4.21. The van der Waals surface area contributed by atoms with E-state index in [1.165, 1.54) is 0 Å². The molecule has 1 heterocycles. The standard InChI is InChI=1S/C10H16N2O/c13-9-3-6-11-8-5-10-4-1-2-7-12-10/h1-2,4,7,11,13H,3,5-6,8-9H2. The summed E-state index contributed by atoms with van der Waals surface area (Å²) in [7, 11) is 0. The van der Waals surface area contributed by atoms with Gasteiger partial charge in [0.15, 0.2) is 0 Å². The predicted octanol–water partition coefficient (Wildman–Crippen LogP) is 0.596. The highest BCUT2D eigenvalue weighted by Gasteiger charge is 1.91. The number of hydrogen-bond donors (Lipinski definition) is 2. The van der Waals surface area contributed by atoms with Crippen molar-refractivity contribution in [2.24, 2.45) is 0 Å². The number of aromatic nitrogens is 1. The molecule has 2 N–H and O–H groups in total. The van der Waals surface area contributed by atoms with Crippen molar-refractivity contribution in [2.45, 2.75) is 12.8 Å². The van der Waals surface area contributed by atoms with E-state index in [2.05, 4.69) is 10.3 Å². The number of hydrogen-bond acceptors (Lipinski definition) is 3. The molecule has 0 fully saturated rings. The number of nitrogens with one attached hydrogen (secondary N) is 1. The maximum atomic E-state index is 8.53. The lowest BCUT2D eigenvalue weighted by Gasteiger charge is -2.02. The summed E-state index contributed by atoms with van der Waals surface area (Å²) in [5.74, 6) is 0. The van der Waals surface area contributed by atoms with Gasteiger partial charge < -0.3 is 10.4 Å². The average Bonchev–Trinajstić information content (AvgIpc) is 2.19. The molecule has 72 valence electrons. The Labute approximate surface area is 78.8 Å². The molecule has 3 nitrogen and oxygen atoms in total. The van der Waals surface area contributed by atoms with Gasteiger partial charge in [-0.1, -0.05) is 6.07 Å². The van der Waals surface area contributed by atoms with Gasteiger partial charge in [-0.2, -0.15) is 0 Å².